The van der Waals surface area contributed by atoms with Crippen molar-refractivity contribution in [3.63, 3.8) is 0 Å². The number of nitrogens with zero attached hydrogens (tertiary/aromatic N) is 6. The van der Waals surface area contributed by atoms with Crippen LogP contribution in [-0.2, 0) is 36.9 Å². The summed E-state index contributed by atoms with van der Waals surface area (Å²) in [6.45, 7) is 23.9. The molecule has 19 heteroatoms. The van der Waals surface area contributed by atoms with Crippen molar-refractivity contribution in [3.05, 3.63) is 88.0 Å². The molecule has 78 heavy (non-hydrogen) atoms. The number of phenolic OH excluding ortho intramolecular Hbond substituents is 1. The van der Waals surface area contributed by atoms with Gasteiger partial charge in [0.15, 0.2) is 0 Å². The number of aliphatic hydroxyl groups is 2. The van der Waals surface area contributed by atoms with Crippen molar-refractivity contribution in [3.8, 4) is 11.5 Å². The molecule has 1 aromatic heterocycles. The molecule has 5 bridgehead atoms. The Morgan fingerprint density at radius 1 is 0.910 bits per heavy atom. The molecule has 19 nitrogen and oxygen atoms in total. The van der Waals surface area contributed by atoms with Crippen LogP contribution in [0.5, 0.6) is 11.5 Å². The van der Waals surface area contributed by atoms with Crippen LogP contribution in [0.25, 0.3) is 0 Å². The van der Waals surface area contributed by atoms with Crippen LogP contribution in [0.4, 0.5) is 0 Å². The number of piperidine rings is 2. The van der Waals surface area contributed by atoms with Gasteiger partial charge >= 0.3 is 11.8 Å². The smallest absolute Gasteiger partial charge is 0.315 e. The van der Waals surface area contributed by atoms with Crippen molar-refractivity contribution >= 4 is 35.1 Å². The molecule has 9 atom stereocenters. The molecule has 5 N–H and O–H groups in total. The van der Waals surface area contributed by atoms with Crippen LogP contribution in [0.1, 0.15) is 139 Å². The molecule has 0 unspecified atom stereocenters. The maximum absolute atomic E-state index is 15.0. The predicted octanol–water partition coefficient (Wildman–Crippen LogP) is 5.70. The summed E-state index contributed by atoms with van der Waals surface area (Å²) in [6, 6.07) is 0.295. The minimum absolute atomic E-state index is 0.0213. The molecule has 8 heterocycles. The predicted molar refractivity (Wildman–Crippen MR) is 291 cm³/mol. The number of ether oxygens (including phenoxy) is 3. The van der Waals surface area contributed by atoms with E-state index < -0.39 is 89.0 Å². The molecule has 8 aliphatic rings. The van der Waals surface area contributed by atoms with Crippen LogP contribution in [-0.4, -0.2) is 150 Å². The number of carbonyl (C=O) groups excluding carboxylic acids is 5. The number of ketones is 2. The lowest BCUT2D eigenvalue weighted by Crippen LogP contribution is -2.50. The van der Waals surface area contributed by atoms with E-state index >= 15 is 4.79 Å². The van der Waals surface area contributed by atoms with E-state index in [-0.39, 0.29) is 62.5 Å². The molecular formula is C59H80N8O11. The number of hydrogen-bond donors (Lipinski definition) is 5. The molecular weight excluding hydrogens is 997 g/mol. The quantitative estimate of drug-likeness (QED) is 0.165. The van der Waals surface area contributed by atoms with Crippen molar-refractivity contribution in [1.82, 2.24) is 34.9 Å². The molecule has 7 aliphatic heterocycles. The largest absolute Gasteiger partial charge is 0.507 e. The fourth-order valence-electron chi connectivity index (χ4n) is 12.8. The summed E-state index contributed by atoms with van der Waals surface area (Å²) < 4.78 is 21.2. The van der Waals surface area contributed by atoms with Crippen molar-refractivity contribution in [1.29, 1.82) is 0 Å². The van der Waals surface area contributed by atoms with E-state index in [9.17, 15) is 34.5 Å². The highest BCUT2D eigenvalue weighted by Crippen LogP contribution is 2.50. The Balaban J connectivity index is 1.01. The maximum atomic E-state index is 15.0. The van der Waals surface area contributed by atoms with Gasteiger partial charge in [0.1, 0.15) is 41.2 Å². The van der Waals surface area contributed by atoms with Gasteiger partial charge < -0.3 is 54.5 Å². The molecule has 2 aromatic rings. The summed E-state index contributed by atoms with van der Waals surface area (Å²) in [5, 5.41) is 42.2. The Kier molecular flexibility index (Phi) is 16.3. The molecule has 1 spiro atoms. The number of esters is 1. The molecule has 0 radical (unpaired) electrons. The summed E-state index contributed by atoms with van der Waals surface area (Å²) in [5.41, 5.74) is -0.219. The van der Waals surface area contributed by atoms with Crippen molar-refractivity contribution in [2.24, 2.45) is 40.5 Å². The average Bonchev–Trinajstić information content (AvgIpc) is 4.31. The Morgan fingerprint density at radius 2 is 1.63 bits per heavy atom. The third-order valence-corrected chi connectivity index (χ3v) is 17.7. The number of fused-ring (bicyclic) bond motifs is 14. The number of aromatic hydroxyl groups is 1. The first-order valence-electron chi connectivity index (χ1n) is 28.2. The highest BCUT2D eigenvalue weighted by Gasteiger charge is 2.54. The number of aliphatic imine (C=N–C) groups is 1. The number of aliphatic hydroxyl groups excluding tert-OH is 2. The van der Waals surface area contributed by atoms with Gasteiger partial charge in [-0.25, -0.2) is 4.98 Å². The van der Waals surface area contributed by atoms with Crippen LogP contribution in [0.2, 0.25) is 0 Å². The second-order valence-electron chi connectivity index (χ2n) is 23.6. The highest BCUT2D eigenvalue weighted by molar-refractivity contribution is 6.34. The lowest BCUT2D eigenvalue weighted by Gasteiger charge is -2.40. The molecule has 422 valence electrons. The first kappa shape index (κ1) is 56.6. The Morgan fingerprint density at radius 3 is 2.32 bits per heavy atom. The van der Waals surface area contributed by atoms with E-state index in [1.54, 1.807) is 63.8 Å². The van der Waals surface area contributed by atoms with Crippen LogP contribution < -0.4 is 15.4 Å². The van der Waals surface area contributed by atoms with Gasteiger partial charge in [-0.05, 0) is 56.9 Å². The Hall–Kier alpha value is -6.15. The summed E-state index contributed by atoms with van der Waals surface area (Å²) in [6.07, 6.45) is 11.3. The number of imidazole rings is 1. The average molecular weight is 1080 g/mol. The minimum atomic E-state index is -1.98. The van der Waals surface area contributed by atoms with E-state index in [2.05, 4.69) is 43.8 Å². The van der Waals surface area contributed by atoms with Gasteiger partial charge in [0.05, 0.1) is 47.6 Å². The van der Waals surface area contributed by atoms with Gasteiger partial charge in [0.25, 0.3) is 11.7 Å². The van der Waals surface area contributed by atoms with Crippen LogP contribution in [0, 0.1) is 42.4 Å². The molecule has 0 saturated carbocycles. The topological polar surface area (TPSA) is 238 Å². The molecule has 2 amide bonds. The van der Waals surface area contributed by atoms with Crippen molar-refractivity contribution in [2.75, 3.05) is 39.3 Å². The van der Waals surface area contributed by atoms with Gasteiger partial charge in [-0.1, -0.05) is 66.7 Å². The fraction of sp³-hybridized carbons (Fsp3) is 0.610. The number of allylic oxidation sites excluding steroid dienone is 5. The van der Waals surface area contributed by atoms with Gasteiger partial charge in [-0.2, -0.15) is 0 Å². The van der Waals surface area contributed by atoms with E-state index in [1.165, 1.54) is 13.2 Å². The number of nitrogens with one attached hydrogen (secondary N) is 2. The van der Waals surface area contributed by atoms with Gasteiger partial charge in [-0.3, -0.25) is 33.9 Å². The molecule has 1 aliphatic carbocycles. The first-order chi connectivity index (χ1) is 37.0. The number of amides is 2. The second-order valence-corrected chi connectivity index (χ2v) is 23.6. The zero-order valence-electron chi connectivity index (χ0n) is 47.0. The number of likely N-dealkylation sites (tertiary alicyclic amines) is 2. The number of hydrogen-bond acceptors (Lipinski definition) is 16. The molecule has 2 fully saturated rings. The third-order valence-electron chi connectivity index (χ3n) is 17.7. The summed E-state index contributed by atoms with van der Waals surface area (Å²) in [4.78, 5) is 88.1. The number of benzene rings is 1. The van der Waals surface area contributed by atoms with Gasteiger partial charge in [-0.15, -0.1) is 0 Å². The normalized spacial score (nSPS) is 31.6. The Bertz CT molecular complexity index is 2850. The zero-order valence-corrected chi connectivity index (χ0v) is 47.0. The number of carbonyl (C=O) groups is 5. The van der Waals surface area contributed by atoms with E-state index in [0.29, 0.717) is 57.4 Å². The molecule has 2 saturated heterocycles. The highest BCUT2D eigenvalue weighted by atomic mass is 16.7. The lowest BCUT2D eigenvalue weighted by atomic mass is 9.76. The first-order valence-corrected chi connectivity index (χ1v) is 28.2. The summed E-state index contributed by atoms with van der Waals surface area (Å²) in [7, 11) is 0. The number of phenols is 1. The Labute approximate surface area is 457 Å². The molecule has 10 rings (SSSR count). The third kappa shape index (κ3) is 10.8. The van der Waals surface area contributed by atoms with Crippen LogP contribution in [0.3, 0.4) is 0 Å². The lowest BCUT2D eigenvalue weighted by molar-refractivity contribution is -0.164. The number of rotatable bonds is 7. The maximum Gasteiger partial charge on any atom is 0.315 e. The van der Waals surface area contributed by atoms with Crippen molar-refractivity contribution in [2.45, 2.75) is 157 Å². The van der Waals surface area contributed by atoms with Gasteiger partial charge in [0.2, 0.25) is 11.7 Å². The van der Waals surface area contributed by atoms with Crippen LogP contribution in [0.15, 0.2) is 64.9 Å². The summed E-state index contributed by atoms with van der Waals surface area (Å²) in [5.74, 6) is -6.77. The second kappa shape index (κ2) is 22.5. The summed E-state index contributed by atoms with van der Waals surface area (Å²) >= 11 is 0. The van der Waals surface area contributed by atoms with Crippen molar-refractivity contribution < 1.29 is 53.5 Å². The number of Topliss-reactive ketones (excluding diaryl/α,β-unsaturated/α-hetero) is 2. The SMILES string of the molecule is CC[C@H]1/C=C/O[C@@]2(C)Oc3c(C)c(O)c4c(c3C2=O)C2=NC3(CCN(CC(C)C)CC3)NC2=C(NC(=O)/C(C)=C\C=C\[C@H](C)[C@H](O)[C@@H](C)[C@@H](O)[C@@H](C)[C@H](OC(=O)CC(=O)N2CCC(N3CCn5ccnc5C3)CC2)[C@@H]1C)C4=O. The molecule has 1 aromatic carbocycles. The van der Waals surface area contributed by atoms with E-state index in [0.717, 1.165) is 44.8 Å². The zero-order chi connectivity index (χ0) is 56.1. The standard InChI is InChI=1S/C59H80N8O11/c1-11-39-17-28-76-58(10)56(74)46-44-45(52(72)38(9)55(46)78-58)53(73)49(48-47(44)62-59(63-48)18-23-64(24-19-59)30-32(2)3)61-57(75)34(5)14-12-13-33(4)50(70)36(7)51(71)37(8)54(35(39)6)77-43(69)29-42(68)66-21-15-40(16-22-66)67-27-26-65-25-20-60-41(65)31-67/h12-14,17,20,25,28,32-33,35-37,39-40,50-51,54,63,70-72H,11,15-16,18-19,21-24,26-27,29-31H2,1-10H3,(H,61,75)/b13-12+,28-17+,34-14-/t33-,35+,36+,37+,39-,50-,51+,54+,58-/m0/s1. The number of aromatic nitrogens is 2. The minimum Gasteiger partial charge on any atom is -0.507 e. The van der Waals surface area contributed by atoms with Gasteiger partial charge in [0, 0.05) is 118 Å². The monoisotopic (exact) mass is 1080 g/mol. The van der Waals surface area contributed by atoms with Crippen LogP contribution >= 0.6 is 0 Å². The fourth-order valence-corrected chi connectivity index (χ4v) is 12.8. The van der Waals surface area contributed by atoms with E-state index in [4.69, 9.17) is 19.2 Å². The van der Waals surface area contributed by atoms with E-state index in [1.807, 2.05) is 26.2 Å².